The van der Waals surface area contributed by atoms with Gasteiger partial charge in [0.2, 0.25) is 5.91 Å². The summed E-state index contributed by atoms with van der Waals surface area (Å²) in [6.07, 6.45) is 5.53. The lowest BCUT2D eigenvalue weighted by molar-refractivity contribution is -0.126. The number of thioether (sulfide) groups is 1. The van der Waals surface area contributed by atoms with Gasteiger partial charge in [0.1, 0.15) is 15.9 Å². The van der Waals surface area contributed by atoms with E-state index < -0.39 is 11.9 Å². The van der Waals surface area contributed by atoms with Crippen LogP contribution < -0.4 is 5.32 Å². The number of nitrogens with zero attached hydrogens (tertiary/aromatic N) is 1. The Morgan fingerprint density at radius 1 is 1.22 bits per heavy atom. The molecule has 2 amide bonds. The molecule has 4 rings (SSSR count). The molecule has 1 aromatic carbocycles. The Morgan fingerprint density at radius 3 is 2.72 bits per heavy atom. The fourth-order valence-corrected chi connectivity index (χ4v) is 6.27. The summed E-state index contributed by atoms with van der Waals surface area (Å²) in [4.78, 5) is 41.1. The van der Waals surface area contributed by atoms with Crippen LogP contribution in [0.3, 0.4) is 0 Å². The van der Waals surface area contributed by atoms with Gasteiger partial charge >= 0.3 is 5.97 Å². The second-order valence-corrected chi connectivity index (χ2v) is 10.1. The van der Waals surface area contributed by atoms with Gasteiger partial charge in [0.15, 0.2) is 0 Å². The predicted octanol–water partition coefficient (Wildman–Crippen LogP) is 4.64. The number of rotatable bonds is 6. The van der Waals surface area contributed by atoms with Gasteiger partial charge in [-0.1, -0.05) is 54.3 Å². The quantitative estimate of drug-likeness (QED) is 0.364. The van der Waals surface area contributed by atoms with Crippen molar-refractivity contribution in [2.24, 2.45) is 0 Å². The van der Waals surface area contributed by atoms with Crippen molar-refractivity contribution in [3.05, 3.63) is 56.8 Å². The zero-order valence-electron chi connectivity index (χ0n) is 17.5. The van der Waals surface area contributed by atoms with E-state index in [1.807, 2.05) is 30.3 Å². The maximum atomic E-state index is 12.8. The third-order valence-corrected chi connectivity index (χ3v) is 7.76. The molecule has 166 valence electrons. The molecule has 9 heteroatoms. The van der Waals surface area contributed by atoms with Gasteiger partial charge < -0.3 is 10.1 Å². The van der Waals surface area contributed by atoms with Crippen LogP contribution in [0.4, 0.5) is 5.00 Å². The summed E-state index contributed by atoms with van der Waals surface area (Å²) in [5, 5.41) is 3.33. The molecular weight excluding hydrogens is 464 g/mol. The molecule has 1 N–H and O–H groups in total. The van der Waals surface area contributed by atoms with Gasteiger partial charge in [0.05, 0.1) is 17.1 Å². The number of fused-ring (bicyclic) bond motifs is 1. The Hall–Kier alpha value is -2.49. The molecule has 0 atom stereocenters. The van der Waals surface area contributed by atoms with Crippen LogP contribution >= 0.6 is 35.3 Å². The van der Waals surface area contributed by atoms with Crippen LogP contribution in [0.25, 0.3) is 6.08 Å². The van der Waals surface area contributed by atoms with Crippen LogP contribution in [0.5, 0.6) is 0 Å². The fraction of sp³-hybridized carbons (Fsp3) is 0.304. The van der Waals surface area contributed by atoms with Crippen molar-refractivity contribution in [3.63, 3.8) is 0 Å². The molecule has 2 heterocycles. The summed E-state index contributed by atoms with van der Waals surface area (Å²) in [5.74, 6) is -1.11. The zero-order valence-corrected chi connectivity index (χ0v) is 20.0. The van der Waals surface area contributed by atoms with Gasteiger partial charge in [-0.25, -0.2) is 4.79 Å². The van der Waals surface area contributed by atoms with Gasteiger partial charge in [-0.15, -0.1) is 11.3 Å². The van der Waals surface area contributed by atoms with Crippen LogP contribution in [-0.2, 0) is 27.2 Å². The zero-order chi connectivity index (χ0) is 22.7. The molecule has 1 aliphatic carbocycles. The number of carbonyl (C=O) groups excluding carboxylic acids is 3. The Morgan fingerprint density at radius 2 is 1.97 bits per heavy atom. The van der Waals surface area contributed by atoms with E-state index in [0.29, 0.717) is 19.8 Å². The number of anilines is 1. The number of aryl methyl sites for hydroxylation is 1. The molecule has 0 bridgehead atoms. The van der Waals surface area contributed by atoms with Crippen LogP contribution in [0.1, 0.15) is 46.1 Å². The molecule has 0 radical (unpaired) electrons. The molecular formula is C23H22N2O4S3. The van der Waals surface area contributed by atoms with Crippen LogP contribution in [0.2, 0.25) is 0 Å². The van der Waals surface area contributed by atoms with Crippen molar-refractivity contribution in [2.75, 3.05) is 18.5 Å². The van der Waals surface area contributed by atoms with Crippen molar-refractivity contribution in [3.8, 4) is 0 Å². The lowest BCUT2D eigenvalue weighted by atomic mass is 9.95. The number of nitrogens with one attached hydrogen (secondary N) is 1. The first-order valence-electron chi connectivity index (χ1n) is 10.4. The highest BCUT2D eigenvalue weighted by Gasteiger charge is 2.34. The third-order valence-electron chi connectivity index (χ3n) is 5.18. The van der Waals surface area contributed by atoms with E-state index in [0.717, 1.165) is 41.7 Å². The van der Waals surface area contributed by atoms with Crippen LogP contribution in [-0.4, -0.2) is 40.2 Å². The number of benzene rings is 1. The number of ether oxygens (including phenoxy) is 1. The molecule has 2 aromatic rings. The van der Waals surface area contributed by atoms with Crippen LogP contribution in [0, 0.1) is 0 Å². The predicted molar refractivity (Wildman–Crippen MR) is 132 cm³/mol. The van der Waals surface area contributed by atoms with E-state index in [1.165, 1.54) is 28.0 Å². The third kappa shape index (κ3) is 4.79. The molecule has 6 nitrogen and oxygen atoms in total. The Balaban J connectivity index is 1.50. The molecule has 1 fully saturated rings. The van der Waals surface area contributed by atoms with E-state index in [1.54, 1.807) is 13.0 Å². The average Bonchev–Trinajstić information content (AvgIpc) is 3.26. The molecule has 32 heavy (non-hydrogen) atoms. The highest BCUT2D eigenvalue weighted by atomic mass is 32.2. The minimum Gasteiger partial charge on any atom is -0.462 e. The summed E-state index contributed by atoms with van der Waals surface area (Å²) in [7, 11) is 0. The monoisotopic (exact) mass is 486 g/mol. The maximum Gasteiger partial charge on any atom is 0.341 e. The number of amides is 2. The van der Waals surface area contributed by atoms with E-state index in [-0.39, 0.29) is 19.1 Å². The molecule has 1 aromatic heterocycles. The first-order valence-corrected chi connectivity index (χ1v) is 12.4. The van der Waals surface area contributed by atoms with E-state index in [9.17, 15) is 14.4 Å². The topological polar surface area (TPSA) is 75.7 Å². The van der Waals surface area contributed by atoms with Crippen LogP contribution in [0.15, 0.2) is 35.2 Å². The smallest absolute Gasteiger partial charge is 0.341 e. The lowest BCUT2D eigenvalue weighted by Crippen LogP contribution is -2.36. The Bertz CT molecular complexity index is 1110. The van der Waals surface area contributed by atoms with Gasteiger partial charge in [-0.05, 0) is 49.8 Å². The summed E-state index contributed by atoms with van der Waals surface area (Å²) in [6, 6.07) is 9.48. The van der Waals surface area contributed by atoms with Gasteiger partial charge in [-0.3, -0.25) is 14.5 Å². The molecule has 1 saturated heterocycles. The number of carbonyl (C=O) groups is 3. The summed E-state index contributed by atoms with van der Waals surface area (Å²) >= 11 is 7.94. The van der Waals surface area contributed by atoms with Gasteiger partial charge in [-0.2, -0.15) is 0 Å². The summed E-state index contributed by atoms with van der Waals surface area (Å²) < 4.78 is 5.57. The first kappa shape index (κ1) is 22.7. The number of thiophene rings is 1. The van der Waals surface area contributed by atoms with Crippen molar-refractivity contribution < 1.29 is 19.1 Å². The van der Waals surface area contributed by atoms with Gasteiger partial charge in [0, 0.05) is 4.88 Å². The van der Waals surface area contributed by atoms with Gasteiger partial charge in [0.25, 0.3) is 5.91 Å². The summed E-state index contributed by atoms with van der Waals surface area (Å²) in [6.45, 7) is 1.82. The molecule has 0 spiro atoms. The highest BCUT2D eigenvalue weighted by Crippen LogP contribution is 2.39. The largest absolute Gasteiger partial charge is 0.462 e. The second-order valence-electron chi connectivity index (χ2n) is 7.36. The van der Waals surface area contributed by atoms with Crippen molar-refractivity contribution in [2.45, 2.75) is 32.6 Å². The number of thiocarbonyl (C=S) groups is 1. The highest BCUT2D eigenvalue weighted by molar-refractivity contribution is 8.26. The number of hydrogen-bond donors (Lipinski definition) is 1. The molecule has 0 saturated carbocycles. The first-order chi connectivity index (χ1) is 15.5. The number of esters is 1. The lowest BCUT2D eigenvalue weighted by Gasteiger charge is -2.14. The standard InChI is InChI=1S/C23H22N2O4S3/c1-2-29-22(28)19-15-10-6-7-11-16(15)31-20(19)24-18(26)13-25-21(27)17(32-23(25)30)12-14-8-4-3-5-9-14/h3-5,8-9,12H,2,6-7,10-11,13H2,1H3,(H,24,26). The molecule has 0 unspecified atom stereocenters. The minimum absolute atomic E-state index is 0.207. The van der Waals surface area contributed by atoms with Crippen molar-refractivity contribution in [1.82, 2.24) is 4.90 Å². The normalized spacial score (nSPS) is 16.9. The van der Waals surface area contributed by atoms with E-state index in [2.05, 4.69) is 5.32 Å². The van der Waals surface area contributed by atoms with Crippen molar-refractivity contribution in [1.29, 1.82) is 0 Å². The average molecular weight is 487 g/mol. The summed E-state index contributed by atoms with van der Waals surface area (Å²) in [5.41, 5.74) is 2.32. The SMILES string of the molecule is CCOC(=O)c1c(NC(=O)CN2C(=O)C(=Cc3ccccc3)SC2=S)sc2c1CCCC2. The minimum atomic E-state index is -0.418. The fourth-order valence-electron chi connectivity index (χ4n) is 3.72. The Kier molecular flexibility index (Phi) is 7.07. The second kappa shape index (κ2) is 9.97. The number of hydrogen-bond acceptors (Lipinski definition) is 7. The molecule has 1 aliphatic heterocycles. The maximum absolute atomic E-state index is 12.8. The Labute approximate surface area is 200 Å². The molecule has 2 aliphatic rings. The van der Waals surface area contributed by atoms with Crippen molar-refractivity contribution >= 4 is 68.5 Å². The van der Waals surface area contributed by atoms with E-state index >= 15 is 0 Å². The van der Waals surface area contributed by atoms with E-state index in [4.69, 9.17) is 17.0 Å².